The maximum absolute atomic E-state index is 11.1. The van der Waals surface area contributed by atoms with E-state index in [4.69, 9.17) is 26.8 Å². The summed E-state index contributed by atoms with van der Waals surface area (Å²) in [5.41, 5.74) is 7.43. The lowest BCUT2D eigenvalue weighted by atomic mass is 10.0. The van der Waals surface area contributed by atoms with E-state index in [-0.39, 0.29) is 0 Å². The molecule has 7 heteroatoms. The van der Waals surface area contributed by atoms with Gasteiger partial charge in [-0.1, -0.05) is 11.6 Å². The van der Waals surface area contributed by atoms with E-state index in [0.717, 1.165) is 0 Å². The number of anilines is 1. The molecular weight excluding hydrogens is 282 g/mol. The summed E-state index contributed by atoms with van der Waals surface area (Å²) in [5, 5.41) is 4.41. The van der Waals surface area contributed by atoms with Gasteiger partial charge >= 0.3 is 0 Å². The van der Waals surface area contributed by atoms with Gasteiger partial charge in [0.05, 0.1) is 36.6 Å². The van der Waals surface area contributed by atoms with E-state index < -0.39 is 0 Å². The highest BCUT2D eigenvalue weighted by atomic mass is 35.5. The minimum absolute atomic E-state index is 0.306. The predicted molar refractivity (Wildman–Crippen MR) is 76.6 cm³/mol. The van der Waals surface area contributed by atoms with Gasteiger partial charge in [-0.15, -0.1) is 0 Å². The molecule has 1 aromatic heterocycles. The smallest absolute Gasteiger partial charge is 0.171 e. The summed E-state index contributed by atoms with van der Waals surface area (Å²) in [4.78, 5) is 11.1. The third-order valence-electron chi connectivity index (χ3n) is 3.01. The zero-order valence-corrected chi connectivity index (χ0v) is 12.1. The van der Waals surface area contributed by atoms with Crippen LogP contribution in [0, 0.1) is 0 Å². The van der Waals surface area contributed by atoms with Crippen molar-refractivity contribution in [1.29, 1.82) is 0 Å². The standard InChI is InChI=1S/C13H14ClN3O3/c1-17-13(15)8(5-16-17)10-9(14)4-7(6-18)11(19-2)12(10)20-3/h4-6H,15H2,1-3H3. The Hall–Kier alpha value is -2.21. The van der Waals surface area contributed by atoms with Crippen molar-refractivity contribution in [1.82, 2.24) is 9.78 Å². The van der Waals surface area contributed by atoms with E-state index in [1.807, 2.05) is 0 Å². The maximum atomic E-state index is 11.1. The summed E-state index contributed by atoms with van der Waals surface area (Å²) in [6.45, 7) is 0. The molecule has 2 rings (SSSR count). The number of aromatic nitrogens is 2. The van der Waals surface area contributed by atoms with Gasteiger partial charge in [-0.2, -0.15) is 5.10 Å². The summed E-state index contributed by atoms with van der Waals surface area (Å²) in [5.74, 6) is 1.10. The van der Waals surface area contributed by atoms with Crippen LogP contribution in [0.5, 0.6) is 11.5 Å². The van der Waals surface area contributed by atoms with Crippen LogP contribution in [0.2, 0.25) is 5.02 Å². The van der Waals surface area contributed by atoms with E-state index in [0.29, 0.717) is 45.3 Å². The molecule has 6 nitrogen and oxygen atoms in total. The molecule has 0 saturated carbocycles. The highest BCUT2D eigenvalue weighted by molar-refractivity contribution is 6.34. The van der Waals surface area contributed by atoms with Crippen LogP contribution < -0.4 is 15.2 Å². The van der Waals surface area contributed by atoms with Gasteiger partial charge in [-0.05, 0) is 6.07 Å². The molecule has 1 aromatic carbocycles. The van der Waals surface area contributed by atoms with Gasteiger partial charge in [0.25, 0.3) is 0 Å². The van der Waals surface area contributed by atoms with Gasteiger partial charge in [-0.25, -0.2) is 0 Å². The van der Waals surface area contributed by atoms with Crippen LogP contribution in [0.4, 0.5) is 5.82 Å². The summed E-state index contributed by atoms with van der Waals surface area (Å²) in [7, 11) is 4.64. The number of carbonyl (C=O) groups is 1. The number of halogens is 1. The Morgan fingerprint density at radius 2 is 2.00 bits per heavy atom. The lowest BCUT2D eigenvalue weighted by molar-refractivity contribution is 0.112. The molecule has 106 valence electrons. The van der Waals surface area contributed by atoms with Gasteiger partial charge in [0.2, 0.25) is 0 Å². The van der Waals surface area contributed by atoms with E-state index in [9.17, 15) is 4.79 Å². The lowest BCUT2D eigenvalue weighted by Crippen LogP contribution is -2.01. The number of aryl methyl sites for hydroxylation is 1. The number of hydrogen-bond donors (Lipinski definition) is 1. The zero-order chi connectivity index (χ0) is 14.9. The summed E-state index contributed by atoms with van der Waals surface area (Å²) in [6, 6.07) is 1.51. The Kier molecular flexibility index (Phi) is 3.85. The minimum atomic E-state index is 0.306. The fraction of sp³-hybridized carbons (Fsp3) is 0.231. The molecule has 0 radical (unpaired) electrons. The molecule has 20 heavy (non-hydrogen) atoms. The number of rotatable bonds is 4. The molecule has 0 aliphatic rings. The van der Waals surface area contributed by atoms with E-state index in [2.05, 4.69) is 5.10 Å². The first-order valence-electron chi connectivity index (χ1n) is 5.72. The van der Waals surface area contributed by atoms with Crippen LogP contribution in [0.25, 0.3) is 11.1 Å². The van der Waals surface area contributed by atoms with Crippen molar-refractivity contribution >= 4 is 23.7 Å². The van der Waals surface area contributed by atoms with Crippen molar-refractivity contribution in [2.75, 3.05) is 20.0 Å². The number of methoxy groups -OCH3 is 2. The number of aldehydes is 1. The second-order valence-corrected chi connectivity index (χ2v) is 4.48. The summed E-state index contributed by atoms with van der Waals surface area (Å²) in [6.07, 6.45) is 2.24. The fourth-order valence-electron chi connectivity index (χ4n) is 2.01. The Bertz CT molecular complexity index is 667. The molecule has 2 N–H and O–H groups in total. The highest BCUT2D eigenvalue weighted by Gasteiger charge is 2.23. The fourth-order valence-corrected chi connectivity index (χ4v) is 2.32. The van der Waals surface area contributed by atoms with Crippen molar-refractivity contribution in [2.45, 2.75) is 0 Å². The lowest BCUT2D eigenvalue weighted by Gasteiger charge is -2.15. The molecular formula is C13H14ClN3O3. The van der Waals surface area contributed by atoms with Gasteiger partial charge in [0, 0.05) is 12.6 Å². The Morgan fingerprint density at radius 1 is 1.35 bits per heavy atom. The summed E-state index contributed by atoms with van der Waals surface area (Å²) >= 11 is 6.25. The largest absolute Gasteiger partial charge is 0.492 e. The first-order valence-corrected chi connectivity index (χ1v) is 6.10. The van der Waals surface area contributed by atoms with Crippen molar-refractivity contribution < 1.29 is 14.3 Å². The van der Waals surface area contributed by atoms with E-state index in [1.165, 1.54) is 25.0 Å². The molecule has 0 amide bonds. The minimum Gasteiger partial charge on any atom is -0.492 e. The van der Waals surface area contributed by atoms with Crippen LogP contribution in [-0.4, -0.2) is 30.3 Å². The number of benzene rings is 1. The first kappa shape index (κ1) is 14.2. The van der Waals surface area contributed by atoms with Crippen LogP contribution in [0.3, 0.4) is 0 Å². The molecule has 0 bridgehead atoms. The van der Waals surface area contributed by atoms with Gasteiger partial charge in [0.15, 0.2) is 17.8 Å². The average Bonchev–Trinajstić information content (AvgIpc) is 2.77. The summed E-state index contributed by atoms with van der Waals surface area (Å²) < 4.78 is 12.1. The number of nitrogen functional groups attached to an aromatic ring is 1. The Balaban J connectivity index is 2.82. The zero-order valence-electron chi connectivity index (χ0n) is 11.3. The molecule has 0 atom stereocenters. The second-order valence-electron chi connectivity index (χ2n) is 4.07. The van der Waals surface area contributed by atoms with Gasteiger partial charge in [0.1, 0.15) is 5.82 Å². The number of carbonyl (C=O) groups excluding carboxylic acids is 1. The highest BCUT2D eigenvalue weighted by Crippen LogP contribution is 2.46. The van der Waals surface area contributed by atoms with Crippen molar-refractivity contribution in [2.24, 2.45) is 7.05 Å². The third kappa shape index (κ3) is 2.08. The Labute approximate surface area is 121 Å². The van der Waals surface area contributed by atoms with Gasteiger partial charge in [-0.3, -0.25) is 9.48 Å². The SMILES string of the molecule is COc1c(C=O)cc(Cl)c(-c2cnn(C)c2N)c1OC. The van der Waals surface area contributed by atoms with Crippen molar-refractivity contribution in [3.63, 3.8) is 0 Å². The van der Waals surface area contributed by atoms with E-state index in [1.54, 1.807) is 13.2 Å². The quantitative estimate of drug-likeness (QED) is 0.874. The van der Waals surface area contributed by atoms with Crippen LogP contribution in [0.1, 0.15) is 10.4 Å². The molecule has 0 aliphatic heterocycles. The topological polar surface area (TPSA) is 79.4 Å². The number of nitrogens with zero attached hydrogens (tertiary/aromatic N) is 2. The first-order chi connectivity index (χ1) is 9.54. The maximum Gasteiger partial charge on any atom is 0.171 e. The molecule has 0 spiro atoms. The molecule has 2 aromatic rings. The van der Waals surface area contributed by atoms with Crippen molar-refractivity contribution in [3.05, 3.63) is 22.8 Å². The van der Waals surface area contributed by atoms with Crippen LogP contribution >= 0.6 is 11.6 Å². The predicted octanol–water partition coefficient (Wildman–Crippen LogP) is 2.15. The molecule has 0 fully saturated rings. The molecule has 0 unspecified atom stereocenters. The molecule has 0 saturated heterocycles. The van der Waals surface area contributed by atoms with Crippen LogP contribution in [0.15, 0.2) is 12.3 Å². The number of ether oxygens (including phenoxy) is 2. The molecule has 1 heterocycles. The van der Waals surface area contributed by atoms with Crippen LogP contribution in [-0.2, 0) is 7.05 Å². The molecule has 0 aliphatic carbocycles. The normalized spacial score (nSPS) is 10.4. The average molecular weight is 296 g/mol. The second kappa shape index (κ2) is 5.42. The Morgan fingerprint density at radius 3 is 2.45 bits per heavy atom. The third-order valence-corrected chi connectivity index (χ3v) is 3.30. The number of nitrogens with two attached hydrogens (primary N) is 1. The van der Waals surface area contributed by atoms with Gasteiger partial charge < -0.3 is 15.2 Å². The monoisotopic (exact) mass is 295 g/mol. The van der Waals surface area contributed by atoms with Crippen molar-refractivity contribution in [3.8, 4) is 22.6 Å². The number of hydrogen-bond acceptors (Lipinski definition) is 5. The van der Waals surface area contributed by atoms with E-state index >= 15 is 0 Å².